The summed E-state index contributed by atoms with van der Waals surface area (Å²) in [6.07, 6.45) is 10.9. The van der Waals surface area contributed by atoms with E-state index in [1.165, 1.54) is 0 Å². The fraction of sp³-hybridized carbons (Fsp3) is 0.300. The first-order valence-electron chi connectivity index (χ1n) is 8.56. The number of hydrogen-bond acceptors (Lipinski definition) is 2. The Morgan fingerprint density at radius 3 is 2.68 bits per heavy atom. The molecule has 0 aliphatic heterocycles. The van der Waals surface area contributed by atoms with Crippen LogP contribution in [0.15, 0.2) is 59.4 Å². The van der Waals surface area contributed by atoms with Crippen LogP contribution in [0.2, 0.25) is 0 Å². The summed E-state index contributed by atoms with van der Waals surface area (Å²) in [5, 5.41) is 2.75. The van der Waals surface area contributed by atoms with E-state index in [9.17, 15) is 9.59 Å². The molecular formula is C20H23N3O2. The molecule has 1 heterocycles. The van der Waals surface area contributed by atoms with Crippen molar-refractivity contribution >= 4 is 11.6 Å². The first kappa shape index (κ1) is 17.0. The number of amides is 1. The van der Waals surface area contributed by atoms with Crippen LogP contribution >= 0.6 is 0 Å². The number of benzene rings is 1. The van der Waals surface area contributed by atoms with Gasteiger partial charge in [-0.25, -0.2) is 4.68 Å². The highest BCUT2D eigenvalue weighted by Crippen LogP contribution is 2.19. The fourth-order valence-corrected chi connectivity index (χ4v) is 3.09. The zero-order valence-electron chi connectivity index (χ0n) is 14.6. The normalized spacial score (nSPS) is 17.1. The van der Waals surface area contributed by atoms with Gasteiger partial charge >= 0.3 is 0 Å². The summed E-state index contributed by atoms with van der Waals surface area (Å²) in [4.78, 5) is 25.0. The molecule has 130 valence electrons. The summed E-state index contributed by atoms with van der Waals surface area (Å²) < 4.78 is 3.31. The molecular weight excluding hydrogens is 314 g/mol. The molecule has 0 bridgehead atoms. The first-order valence-corrected chi connectivity index (χ1v) is 8.56. The van der Waals surface area contributed by atoms with Crippen LogP contribution in [0.1, 0.15) is 25.0 Å². The van der Waals surface area contributed by atoms with Gasteiger partial charge in [0.25, 0.3) is 5.56 Å². The van der Waals surface area contributed by atoms with E-state index in [0.717, 1.165) is 30.6 Å². The zero-order valence-corrected chi connectivity index (χ0v) is 14.6. The van der Waals surface area contributed by atoms with Crippen molar-refractivity contribution in [3.8, 4) is 5.69 Å². The molecule has 1 N–H and O–H groups in total. The lowest BCUT2D eigenvalue weighted by molar-refractivity contribution is -0.111. The summed E-state index contributed by atoms with van der Waals surface area (Å²) in [7, 11) is 1.81. The van der Waals surface area contributed by atoms with Gasteiger partial charge in [0, 0.05) is 7.05 Å². The van der Waals surface area contributed by atoms with Crippen molar-refractivity contribution in [2.24, 2.45) is 13.0 Å². The third kappa shape index (κ3) is 3.65. The highest BCUT2D eigenvalue weighted by molar-refractivity contribution is 5.99. The zero-order chi connectivity index (χ0) is 17.8. The SMILES string of the molecule is Cc1c(NC(=O)/C=C/C2CC=CCC2)c(=O)n(-c2ccccc2)n1C. The predicted octanol–water partition coefficient (Wildman–Crippen LogP) is 3.34. The van der Waals surface area contributed by atoms with Gasteiger partial charge in [0.2, 0.25) is 5.91 Å². The molecule has 3 rings (SSSR count). The van der Waals surface area contributed by atoms with E-state index in [4.69, 9.17) is 0 Å². The molecule has 0 radical (unpaired) electrons. The lowest BCUT2D eigenvalue weighted by Crippen LogP contribution is -2.22. The maximum atomic E-state index is 12.7. The van der Waals surface area contributed by atoms with Crippen molar-refractivity contribution in [1.82, 2.24) is 9.36 Å². The van der Waals surface area contributed by atoms with Crippen LogP contribution < -0.4 is 10.9 Å². The van der Waals surface area contributed by atoms with Gasteiger partial charge in [-0.1, -0.05) is 36.4 Å². The minimum absolute atomic E-state index is 0.228. The third-order valence-electron chi connectivity index (χ3n) is 4.63. The third-order valence-corrected chi connectivity index (χ3v) is 4.63. The predicted molar refractivity (Wildman–Crippen MR) is 100.0 cm³/mol. The molecule has 25 heavy (non-hydrogen) atoms. The van der Waals surface area contributed by atoms with Crippen LogP contribution in [-0.2, 0) is 11.8 Å². The van der Waals surface area contributed by atoms with E-state index in [0.29, 0.717) is 11.6 Å². The van der Waals surface area contributed by atoms with Crippen molar-refractivity contribution in [3.05, 3.63) is 70.7 Å². The molecule has 0 saturated heterocycles. The molecule has 2 aromatic rings. The number of hydrogen-bond donors (Lipinski definition) is 1. The van der Waals surface area contributed by atoms with Crippen LogP contribution in [0.3, 0.4) is 0 Å². The molecule has 1 aromatic carbocycles. The summed E-state index contributed by atoms with van der Waals surface area (Å²) >= 11 is 0. The standard InChI is InChI=1S/C20H23N3O2/c1-15-19(21-18(24)14-13-16-9-5-3-6-10-16)20(25)23(22(15)2)17-11-7-4-8-12-17/h3-5,7-8,11-14,16H,6,9-10H2,1-2H3,(H,21,24)/b14-13+. The Bertz CT molecular complexity index is 872. The van der Waals surface area contributed by atoms with Crippen LogP contribution in [-0.4, -0.2) is 15.3 Å². The van der Waals surface area contributed by atoms with Gasteiger partial charge in [0.05, 0.1) is 11.4 Å². The number of carbonyl (C=O) groups is 1. The molecule has 0 spiro atoms. The molecule has 1 aliphatic carbocycles. The molecule has 1 unspecified atom stereocenters. The number of anilines is 1. The highest BCUT2D eigenvalue weighted by atomic mass is 16.2. The van der Waals surface area contributed by atoms with E-state index in [2.05, 4.69) is 17.5 Å². The largest absolute Gasteiger partial charge is 0.316 e. The van der Waals surface area contributed by atoms with Crippen molar-refractivity contribution in [2.75, 3.05) is 5.32 Å². The van der Waals surface area contributed by atoms with Gasteiger partial charge < -0.3 is 5.32 Å². The average molecular weight is 337 g/mol. The van der Waals surface area contributed by atoms with E-state index in [1.807, 2.05) is 50.4 Å². The number of aromatic nitrogens is 2. The van der Waals surface area contributed by atoms with E-state index >= 15 is 0 Å². The van der Waals surface area contributed by atoms with Crippen molar-refractivity contribution in [2.45, 2.75) is 26.2 Å². The second-order valence-corrected chi connectivity index (χ2v) is 6.33. The van der Waals surface area contributed by atoms with Crippen LogP contribution in [0.4, 0.5) is 5.69 Å². The average Bonchev–Trinajstić information content (AvgIpc) is 2.85. The first-order chi connectivity index (χ1) is 12.1. The Balaban J connectivity index is 1.81. The Morgan fingerprint density at radius 2 is 2.00 bits per heavy atom. The van der Waals surface area contributed by atoms with Gasteiger partial charge in [-0.05, 0) is 50.3 Å². The number of nitrogens with one attached hydrogen (secondary N) is 1. The Labute approximate surface area is 147 Å². The van der Waals surface area contributed by atoms with Gasteiger partial charge in [0.1, 0.15) is 5.69 Å². The second-order valence-electron chi connectivity index (χ2n) is 6.33. The van der Waals surface area contributed by atoms with Crippen LogP contribution in [0.5, 0.6) is 0 Å². The summed E-state index contributed by atoms with van der Waals surface area (Å²) in [5.41, 5.74) is 1.58. The quantitative estimate of drug-likeness (QED) is 0.687. The topological polar surface area (TPSA) is 56.0 Å². The van der Waals surface area contributed by atoms with Crippen LogP contribution in [0, 0.1) is 12.8 Å². The van der Waals surface area contributed by atoms with Gasteiger partial charge in [0.15, 0.2) is 0 Å². The van der Waals surface area contributed by atoms with Gasteiger partial charge in [-0.2, -0.15) is 0 Å². The summed E-state index contributed by atoms with van der Waals surface area (Å²) in [5.74, 6) is 0.133. The Kier molecular flexibility index (Phi) is 5.03. The smallest absolute Gasteiger partial charge is 0.295 e. The molecule has 1 amide bonds. The van der Waals surface area contributed by atoms with E-state index < -0.39 is 0 Å². The molecule has 5 heteroatoms. The van der Waals surface area contributed by atoms with E-state index in [-0.39, 0.29) is 11.5 Å². The Hall–Kier alpha value is -2.82. The van der Waals surface area contributed by atoms with E-state index in [1.54, 1.807) is 15.4 Å². The molecule has 1 aliphatic rings. The Morgan fingerprint density at radius 1 is 1.24 bits per heavy atom. The minimum atomic E-state index is -0.263. The monoisotopic (exact) mass is 337 g/mol. The maximum absolute atomic E-state index is 12.7. The minimum Gasteiger partial charge on any atom is -0.316 e. The number of rotatable bonds is 4. The summed E-state index contributed by atoms with van der Waals surface area (Å²) in [6.45, 7) is 1.83. The van der Waals surface area contributed by atoms with Crippen molar-refractivity contribution in [1.29, 1.82) is 0 Å². The van der Waals surface area contributed by atoms with Crippen LogP contribution in [0.25, 0.3) is 5.69 Å². The highest BCUT2D eigenvalue weighted by Gasteiger charge is 2.17. The molecule has 1 aromatic heterocycles. The second kappa shape index (κ2) is 7.38. The van der Waals surface area contributed by atoms with Crippen molar-refractivity contribution < 1.29 is 4.79 Å². The van der Waals surface area contributed by atoms with Crippen molar-refractivity contribution in [3.63, 3.8) is 0 Å². The molecule has 0 fully saturated rings. The van der Waals surface area contributed by atoms with Gasteiger partial charge in [-0.15, -0.1) is 0 Å². The number of carbonyl (C=O) groups excluding carboxylic acids is 1. The molecule has 1 atom stereocenters. The number of para-hydroxylation sites is 1. The number of nitrogens with zero attached hydrogens (tertiary/aromatic N) is 2. The maximum Gasteiger partial charge on any atom is 0.295 e. The lowest BCUT2D eigenvalue weighted by Gasteiger charge is -2.12. The molecule has 5 nitrogen and oxygen atoms in total. The number of allylic oxidation sites excluding steroid dienone is 3. The fourth-order valence-electron chi connectivity index (χ4n) is 3.09. The van der Waals surface area contributed by atoms with Gasteiger partial charge in [-0.3, -0.25) is 14.3 Å². The lowest BCUT2D eigenvalue weighted by atomic mass is 9.94. The molecule has 0 saturated carbocycles. The summed E-state index contributed by atoms with van der Waals surface area (Å²) in [6, 6.07) is 9.39.